The van der Waals surface area contributed by atoms with E-state index in [4.69, 9.17) is 4.74 Å². The molecule has 0 fully saturated rings. The molecule has 0 bridgehead atoms. The van der Waals surface area contributed by atoms with E-state index in [9.17, 15) is 19.5 Å². The van der Waals surface area contributed by atoms with Crippen LogP contribution in [0.15, 0.2) is 78.6 Å². The molecule has 0 aliphatic rings. The first kappa shape index (κ1) is 38.5. The van der Waals surface area contributed by atoms with Gasteiger partial charge in [-0.05, 0) is 42.2 Å². The van der Waals surface area contributed by atoms with Crippen molar-refractivity contribution in [2.75, 3.05) is 7.05 Å². The minimum atomic E-state index is -1.05. The predicted octanol–water partition coefficient (Wildman–Crippen LogP) is 5.91. The molecule has 13 heteroatoms. The average molecular weight is 721 g/mol. The zero-order chi connectivity index (χ0) is 36.0. The summed E-state index contributed by atoms with van der Waals surface area (Å²) in [5.74, 6) is -0.227. The number of alkyl carbamates (subject to hydrolysis) is 1. The van der Waals surface area contributed by atoms with E-state index >= 15 is 0 Å². The molecule has 2 heterocycles. The molecule has 268 valence electrons. The third-order valence-electron chi connectivity index (χ3n) is 8.18. The number of thiazole rings is 2. The number of rotatable bonds is 17. The van der Waals surface area contributed by atoms with E-state index in [1.165, 1.54) is 16.2 Å². The average Bonchev–Trinajstić information content (AvgIpc) is 3.79. The van der Waals surface area contributed by atoms with Gasteiger partial charge in [0, 0.05) is 30.4 Å². The molecule has 4 N–H and O–H groups in total. The van der Waals surface area contributed by atoms with E-state index in [0.29, 0.717) is 25.3 Å². The first-order valence-corrected chi connectivity index (χ1v) is 18.5. The maximum Gasteiger partial charge on any atom is 0.407 e. The molecule has 4 rings (SSSR count). The second-order valence-corrected chi connectivity index (χ2v) is 15.1. The Kier molecular flexibility index (Phi) is 14.7. The van der Waals surface area contributed by atoms with E-state index in [1.807, 2.05) is 80.7 Å². The van der Waals surface area contributed by atoms with Crippen molar-refractivity contribution in [1.82, 2.24) is 30.8 Å². The predicted molar refractivity (Wildman–Crippen MR) is 197 cm³/mol. The second kappa shape index (κ2) is 19.2. The summed E-state index contributed by atoms with van der Waals surface area (Å²) in [6, 6.07) is 16.8. The van der Waals surface area contributed by atoms with Crippen molar-refractivity contribution in [1.29, 1.82) is 0 Å². The van der Waals surface area contributed by atoms with Crippen molar-refractivity contribution >= 4 is 40.7 Å². The first-order chi connectivity index (χ1) is 24.0. The molecular weight excluding hydrogens is 673 g/mol. The summed E-state index contributed by atoms with van der Waals surface area (Å²) in [6.07, 6.45) is 2.68. The van der Waals surface area contributed by atoms with Crippen molar-refractivity contribution in [2.45, 2.75) is 90.3 Å². The number of aliphatic hydroxyl groups excluding tert-OH is 1. The number of benzene rings is 2. The number of nitrogens with one attached hydrogen (secondary N) is 3. The second-order valence-electron chi connectivity index (χ2n) is 13.0. The summed E-state index contributed by atoms with van der Waals surface area (Å²) in [4.78, 5) is 52.0. The Morgan fingerprint density at radius 3 is 2.14 bits per heavy atom. The summed E-state index contributed by atoms with van der Waals surface area (Å²) < 4.78 is 5.43. The van der Waals surface area contributed by atoms with Gasteiger partial charge in [0.15, 0.2) is 0 Å². The molecule has 4 atom stereocenters. The zero-order valence-electron chi connectivity index (χ0n) is 29.2. The Bertz CT molecular complexity index is 1620. The fraction of sp³-hybridized carbons (Fsp3) is 0.432. The molecule has 0 unspecified atom stereocenters. The Labute approximate surface area is 302 Å². The maximum absolute atomic E-state index is 13.9. The fourth-order valence-corrected chi connectivity index (χ4v) is 6.83. The molecule has 0 saturated heterocycles. The third-order valence-corrected chi connectivity index (χ3v) is 10.2. The smallest absolute Gasteiger partial charge is 0.407 e. The van der Waals surface area contributed by atoms with E-state index in [0.717, 1.165) is 25.9 Å². The van der Waals surface area contributed by atoms with Crippen LogP contribution in [0, 0.1) is 5.92 Å². The molecular formula is C37H48N6O5S2. The van der Waals surface area contributed by atoms with Gasteiger partial charge in [0.05, 0.1) is 29.1 Å². The Balaban J connectivity index is 1.46. The number of carbonyl (C=O) groups is 3. The van der Waals surface area contributed by atoms with Crippen LogP contribution < -0.4 is 16.0 Å². The van der Waals surface area contributed by atoms with E-state index < -0.39 is 30.3 Å². The molecule has 0 spiro atoms. The number of hydrogen-bond acceptors (Lipinski definition) is 9. The topological polar surface area (TPSA) is 146 Å². The van der Waals surface area contributed by atoms with Gasteiger partial charge in [-0.3, -0.25) is 9.78 Å². The van der Waals surface area contributed by atoms with Crippen molar-refractivity contribution in [3.8, 4) is 0 Å². The molecule has 11 nitrogen and oxygen atoms in total. The number of aliphatic hydroxyl groups is 1. The summed E-state index contributed by atoms with van der Waals surface area (Å²) in [6.45, 7) is 8.34. The number of carbonyl (C=O) groups excluding carboxylic acids is 3. The number of nitrogens with zero attached hydrogens (tertiary/aromatic N) is 3. The van der Waals surface area contributed by atoms with Crippen LogP contribution in [-0.4, -0.2) is 69.3 Å². The highest BCUT2D eigenvalue weighted by atomic mass is 32.1. The fourth-order valence-electron chi connectivity index (χ4n) is 5.35. The van der Waals surface area contributed by atoms with Crippen LogP contribution in [0.2, 0.25) is 0 Å². The van der Waals surface area contributed by atoms with Crippen molar-refractivity contribution in [2.24, 2.45) is 5.92 Å². The van der Waals surface area contributed by atoms with E-state index in [1.54, 1.807) is 30.1 Å². The number of aromatic nitrogens is 2. The molecule has 2 aromatic heterocycles. The Morgan fingerprint density at radius 2 is 1.56 bits per heavy atom. The highest BCUT2D eigenvalue weighted by Gasteiger charge is 2.31. The normalized spacial score (nSPS) is 13.7. The van der Waals surface area contributed by atoms with Crippen LogP contribution in [0.1, 0.15) is 65.9 Å². The highest BCUT2D eigenvalue weighted by Crippen LogP contribution is 2.23. The van der Waals surface area contributed by atoms with Crippen molar-refractivity contribution in [3.63, 3.8) is 0 Å². The zero-order valence-corrected chi connectivity index (χ0v) is 30.9. The van der Waals surface area contributed by atoms with Crippen LogP contribution in [0.25, 0.3) is 0 Å². The SMILES string of the molecule is CC(C)c1cnc(CN(C)C(=O)N[C@@H](C(=O)N[C@@H](Cc2ccccc2)C[C@H](O)[C@@H](Cc2ccccc2)NC(=O)OCc2cncs2)C(C)C)s1. The molecule has 4 amide bonds. The van der Waals surface area contributed by atoms with Gasteiger partial charge in [0.2, 0.25) is 5.91 Å². The van der Waals surface area contributed by atoms with Gasteiger partial charge in [-0.15, -0.1) is 22.7 Å². The maximum atomic E-state index is 13.9. The molecule has 0 radical (unpaired) electrons. The van der Waals surface area contributed by atoms with Gasteiger partial charge in [-0.1, -0.05) is 88.4 Å². The van der Waals surface area contributed by atoms with Crippen LogP contribution in [0.4, 0.5) is 9.59 Å². The largest absolute Gasteiger partial charge is 0.444 e. The van der Waals surface area contributed by atoms with Gasteiger partial charge in [0.1, 0.15) is 17.7 Å². The Hall–Kier alpha value is -4.33. The van der Waals surface area contributed by atoms with Crippen molar-refractivity contribution in [3.05, 3.63) is 104 Å². The lowest BCUT2D eigenvalue weighted by molar-refractivity contribution is -0.124. The van der Waals surface area contributed by atoms with Crippen LogP contribution in [-0.2, 0) is 35.5 Å². The molecule has 0 aliphatic carbocycles. The molecule has 2 aromatic carbocycles. The number of ether oxygens (including phenoxy) is 1. The van der Waals surface area contributed by atoms with Gasteiger partial charge in [0.25, 0.3) is 0 Å². The number of amides is 4. The summed E-state index contributed by atoms with van der Waals surface area (Å²) in [5, 5.41) is 21.4. The van der Waals surface area contributed by atoms with E-state index in [2.05, 4.69) is 39.8 Å². The minimum absolute atomic E-state index is 0.0671. The lowest BCUT2D eigenvalue weighted by atomic mass is 9.93. The van der Waals surface area contributed by atoms with Gasteiger partial charge in [-0.25, -0.2) is 14.6 Å². The Morgan fingerprint density at radius 1 is 0.900 bits per heavy atom. The monoisotopic (exact) mass is 720 g/mol. The molecule has 0 aliphatic heterocycles. The molecule has 50 heavy (non-hydrogen) atoms. The van der Waals surface area contributed by atoms with Gasteiger partial charge in [-0.2, -0.15) is 0 Å². The van der Waals surface area contributed by atoms with Crippen molar-refractivity contribution < 1.29 is 24.2 Å². The quantitative estimate of drug-likeness (QED) is 0.106. The molecule has 0 saturated carbocycles. The number of urea groups is 1. The third kappa shape index (κ3) is 12.2. The lowest BCUT2D eigenvalue weighted by Crippen LogP contribution is -2.55. The highest BCUT2D eigenvalue weighted by molar-refractivity contribution is 7.11. The van der Waals surface area contributed by atoms with E-state index in [-0.39, 0.29) is 30.9 Å². The summed E-state index contributed by atoms with van der Waals surface area (Å²) >= 11 is 2.95. The van der Waals surface area contributed by atoms with Gasteiger partial charge >= 0.3 is 12.1 Å². The van der Waals surface area contributed by atoms with Crippen LogP contribution in [0.5, 0.6) is 0 Å². The van der Waals surface area contributed by atoms with Crippen LogP contribution in [0.3, 0.4) is 0 Å². The molecule has 4 aromatic rings. The summed E-state index contributed by atoms with van der Waals surface area (Å²) in [7, 11) is 1.68. The first-order valence-electron chi connectivity index (χ1n) is 16.8. The lowest BCUT2D eigenvalue weighted by Gasteiger charge is -2.30. The minimum Gasteiger partial charge on any atom is -0.444 e. The van der Waals surface area contributed by atoms with Crippen LogP contribution >= 0.6 is 22.7 Å². The number of hydrogen-bond donors (Lipinski definition) is 4. The summed E-state index contributed by atoms with van der Waals surface area (Å²) in [5.41, 5.74) is 3.56. The standard InChI is InChI=1S/C37H48N6O5S2/c1-24(2)32-20-39-33(50-32)21-43(5)36(46)42-34(25(3)4)35(45)40-28(16-26-12-8-6-9-13-26)18-31(44)30(17-27-14-10-7-11-15-27)41-37(47)48-22-29-19-38-23-49-29/h6-15,19-20,23-25,28,30-31,34,44H,16-18,21-22H2,1-5H3,(H,40,45)(H,41,47)(H,42,46)/t28-,30+,31-,34+/m0/s1. The van der Waals surface area contributed by atoms with Gasteiger partial charge < -0.3 is 30.7 Å².